The number of amides is 1. The summed E-state index contributed by atoms with van der Waals surface area (Å²) < 4.78 is 51.3. The highest BCUT2D eigenvalue weighted by Gasteiger charge is 2.34. The highest BCUT2D eigenvalue weighted by molar-refractivity contribution is 6.32. The molecule has 3 aromatic rings. The Morgan fingerprint density at radius 3 is 2.41 bits per heavy atom. The van der Waals surface area contributed by atoms with Crippen LogP contribution in [-0.2, 0) is 12.8 Å². The smallest absolute Gasteiger partial charge is 0.418 e. The zero-order valence-corrected chi connectivity index (χ0v) is 18.3. The number of hydrogen-bond acceptors (Lipinski definition) is 3. The van der Waals surface area contributed by atoms with E-state index in [4.69, 9.17) is 32.7 Å². The van der Waals surface area contributed by atoms with E-state index in [9.17, 15) is 18.0 Å². The van der Waals surface area contributed by atoms with Gasteiger partial charge in [0.1, 0.15) is 18.1 Å². The summed E-state index contributed by atoms with van der Waals surface area (Å²) in [5.74, 6) is 0.209. The van der Waals surface area contributed by atoms with Crippen LogP contribution in [0.15, 0.2) is 60.7 Å². The van der Waals surface area contributed by atoms with E-state index in [1.807, 2.05) is 0 Å². The quantitative estimate of drug-likeness (QED) is 0.385. The van der Waals surface area contributed by atoms with E-state index in [1.54, 1.807) is 37.3 Å². The van der Waals surface area contributed by atoms with Gasteiger partial charge in [0.2, 0.25) is 0 Å². The molecule has 0 aliphatic carbocycles. The monoisotopic (exact) mass is 483 g/mol. The van der Waals surface area contributed by atoms with Gasteiger partial charge < -0.3 is 14.8 Å². The van der Waals surface area contributed by atoms with Gasteiger partial charge in [-0.1, -0.05) is 35.3 Å². The minimum absolute atomic E-state index is 0.0366. The molecule has 0 fully saturated rings. The van der Waals surface area contributed by atoms with Crippen molar-refractivity contribution in [2.24, 2.45) is 0 Å². The van der Waals surface area contributed by atoms with Crippen molar-refractivity contribution < 1.29 is 27.4 Å². The van der Waals surface area contributed by atoms with Gasteiger partial charge >= 0.3 is 6.18 Å². The van der Waals surface area contributed by atoms with Gasteiger partial charge in [0.05, 0.1) is 22.9 Å². The van der Waals surface area contributed by atoms with Gasteiger partial charge in [-0.05, 0) is 55.5 Å². The normalized spacial score (nSPS) is 11.2. The number of halogens is 5. The van der Waals surface area contributed by atoms with E-state index < -0.39 is 23.3 Å². The molecule has 168 valence electrons. The molecule has 0 heterocycles. The van der Waals surface area contributed by atoms with Crippen molar-refractivity contribution in [3.63, 3.8) is 0 Å². The van der Waals surface area contributed by atoms with E-state index in [-0.39, 0.29) is 17.2 Å². The molecule has 0 aliphatic heterocycles. The fraction of sp³-hybridized carbons (Fsp3) is 0.174. The molecule has 4 nitrogen and oxygen atoms in total. The molecule has 0 saturated carbocycles. The second-order valence-electron chi connectivity index (χ2n) is 6.62. The molecule has 0 atom stereocenters. The Morgan fingerprint density at radius 2 is 1.72 bits per heavy atom. The van der Waals surface area contributed by atoms with E-state index in [0.717, 1.165) is 12.1 Å². The molecule has 9 heteroatoms. The Morgan fingerprint density at radius 1 is 0.969 bits per heavy atom. The minimum Gasteiger partial charge on any atom is -0.493 e. The van der Waals surface area contributed by atoms with Crippen molar-refractivity contribution in [2.45, 2.75) is 19.7 Å². The zero-order chi connectivity index (χ0) is 23.3. The molecule has 1 amide bonds. The predicted octanol–water partition coefficient (Wildman–Crippen LogP) is 7.24. The summed E-state index contributed by atoms with van der Waals surface area (Å²) in [4.78, 5) is 12.7. The molecule has 0 spiro atoms. The van der Waals surface area contributed by atoms with Crippen molar-refractivity contribution in [3.05, 3.63) is 87.4 Å². The number of carbonyl (C=O) groups is 1. The first-order valence-corrected chi connectivity index (χ1v) is 10.3. The molecular weight excluding hydrogens is 466 g/mol. The van der Waals surface area contributed by atoms with Crippen LogP contribution in [0.3, 0.4) is 0 Å². The SMILES string of the molecule is CCOc1ccc(C(=O)Nc2ccc(Cl)cc2C(F)(F)F)cc1COc1ccccc1Cl. The third kappa shape index (κ3) is 5.87. The molecule has 32 heavy (non-hydrogen) atoms. The number of alkyl halides is 3. The number of anilines is 1. The number of nitrogens with one attached hydrogen (secondary N) is 1. The Hall–Kier alpha value is -2.90. The number of carbonyl (C=O) groups excluding carboxylic acids is 1. The Bertz CT molecular complexity index is 1120. The fourth-order valence-corrected chi connectivity index (χ4v) is 3.26. The maximum atomic E-state index is 13.3. The number of hydrogen-bond donors (Lipinski definition) is 1. The van der Waals surface area contributed by atoms with Gasteiger partial charge in [0, 0.05) is 16.1 Å². The topological polar surface area (TPSA) is 47.6 Å². The number of rotatable bonds is 7. The maximum absolute atomic E-state index is 13.3. The van der Waals surface area contributed by atoms with Crippen LogP contribution in [0.1, 0.15) is 28.4 Å². The third-order valence-corrected chi connectivity index (χ3v) is 4.92. The van der Waals surface area contributed by atoms with Gasteiger partial charge in [-0.15, -0.1) is 0 Å². The minimum atomic E-state index is -4.68. The van der Waals surface area contributed by atoms with E-state index in [2.05, 4.69) is 5.32 Å². The average Bonchev–Trinajstić information content (AvgIpc) is 2.74. The van der Waals surface area contributed by atoms with Crippen LogP contribution in [0.4, 0.5) is 18.9 Å². The number of ether oxygens (including phenoxy) is 2. The van der Waals surface area contributed by atoms with Gasteiger partial charge in [-0.25, -0.2) is 0 Å². The lowest BCUT2D eigenvalue weighted by Crippen LogP contribution is -2.17. The van der Waals surface area contributed by atoms with Gasteiger partial charge in [-0.3, -0.25) is 4.79 Å². The number of benzene rings is 3. The maximum Gasteiger partial charge on any atom is 0.418 e. The average molecular weight is 484 g/mol. The zero-order valence-electron chi connectivity index (χ0n) is 16.8. The summed E-state index contributed by atoms with van der Waals surface area (Å²) in [7, 11) is 0. The molecule has 3 aromatic carbocycles. The Kier molecular flexibility index (Phi) is 7.53. The standard InChI is InChI=1S/C23H18Cl2F3NO3/c1-2-31-20-10-7-14(11-15(20)13-32-21-6-4-3-5-18(21)25)22(30)29-19-9-8-16(24)12-17(19)23(26,27)28/h3-12H,2,13H2,1H3,(H,29,30). The summed E-state index contributed by atoms with van der Waals surface area (Å²) >= 11 is 11.8. The molecule has 0 radical (unpaired) electrons. The van der Waals surface area contributed by atoms with Crippen molar-refractivity contribution in [1.82, 2.24) is 0 Å². The van der Waals surface area contributed by atoms with Crippen molar-refractivity contribution >= 4 is 34.8 Å². The van der Waals surface area contributed by atoms with Crippen LogP contribution in [0.25, 0.3) is 0 Å². The fourth-order valence-electron chi connectivity index (χ4n) is 2.90. The van der Waals surface area contributed by atoms with E-state index in [1.165, 1.54) is 18.2 Å². The van der Waals surface area contributed by atoms with Crippen LogP contribution >= 0.6 is 23.2 Å². The first kappa shape index (κ1) is 23.8. The summed E-state index contributed by atoms with van der Waals surface area (Å²) in [5.41, 5.74) is -0.762. The lowest BCUT2D eigenvalue weighted by atomic mass is 10.1. The molecule has 0 bridgehead atoms. The van der Waals surface area contributed by atoms with Crippen molar-refractivity contribution in [3.8, 4) is 11.5 Å². The second kappa shape index (κ2) is 10.1. The van der Waals surface area contributed by atoms with Crippen LogP contribution in [0.5, 0.6) is 11.5 Å². The molecule has 1 N–H and O–H groups in total. The Balaban J connectivity index is 1.86. The summed E-state index contributed by atoms with van der Waals surface area (Å²) in [6.45, 7) is 2.22. The third-order valence-electron chi connectivity index (χ3n) is 4.38. The second-order valence-corrected chi connectivity index (χ2v) is 7.46. The van der Waals surface area contributed by atoms with Crippen LogP contribution < -0.4 is 14.8 Å². The van der Waals surface area contributed by atoms with Gasteiger partial charge in [-0.2, -0.15) is 13.2 Å². The molecular formula is C23H18Cl2F3NO3. The van der Waals surface area contributed by atoms with Crippen LogP contribution in [0, 0.1) is 0 Å². The molecule has 3 rings (SSSR count). The predicted molar refractivity (Wildman–Crippen MR) is 118 cm³/mol. The van der Waals surface area contributed by atoms with Crippen LogP contribution in [-0.4, -0.2) is 12.5 Å². The Labute approximate surface area is 192 Å². The van der Waals surface area contributed by atoms with Crippen molar-refractivity contribution in [1.29, 1.82) is 0 Å². The lowest BCUT2D eigenvalue weighted by molar-refractivity contribution is -0.136. The first-order chi connectivity index (χ1) is 15.2. The molecule has 0 aromatic heterocycles. The molecule has 0 saturated heterocycles. The molecule has 0 aliphatic rings. The lowest BCUT2D eigenvalue weighted by Gasteiger charge is -2.16. The van der Waals surface area contributed by atoms with Crippen molar-refractivity contribution in [2.75, 3.05) is 11.9 Å². The first-order valence-electron chi connectivity index (χ1n) is 9.50. The van der Waals surface area contributed by atoms with E-state index in [0.29, 0.717) is 28.7 Å². The molecule has 0 unspecified atom stereocenters. The van der Waals surface area contributed by atoms with E-state index >= 15 is 0 Å². The van der Waals surface area contributed by atoms with Crippen LogP contribution in [0.2, 0.25) is 10.0 Å². The number of para-hydroxylation sites is 1. The highest BCUT2D eigenvalue weighted by atomic mass is 35.5. The van der Waals surface area contributed by atoms with Gasteiger partial charge in [0.15, 0.2) is 0 Å². The summed E-state index contributed by atoms with van der Waals surface area (Å²) in [6, 6.07) is 14.6. The largest absolute Gasteiger partial charge is 0.493 e. The highest BCUT2D eigenvalue weighted by Crippen LogP contribution is 2.37. The summed E-state index contributed by atoms with van der Waals surface area (Å²) in [5, 5.41) is 2.63. The van der Waals surface area contributed by atoms with Gasteiger partial charge in [0.25, 0.3) is 5.91 Å². The summed E-state index contributed by atoms with van der Waals surface area (Å²) in [6.07, 6.45) is -4.68.